The molecular weight excluding hydrogens is 233 g/mol. The van der Waals surface area contributed by atoms with Crippen molar-refractivity contribution in [3.63, 3.8) is 0 Å². The van der Waals surface area contributed by atoms with Crippen LogP contribution in [0.5, 0.6) is 5.75 Å². The van der Waals surface area contributed by atoms with Crippen LogP contribution in [0, 0.1) is 5.82 Å². The van der Waals surface area contributed by atoms with Crippen LogP contribution in [0.2, 0.25) is 0 Å². The van der Waals surface area contributed by atoms with Crippen molar-refractivity contribution in [2.24, 2.45) is 0 Å². The molecule has 0 saturated heterocycles. The average Bonchev–Trinajstić information content (AvgIpc) is 2.29. The number of carbonyl (C=O) groups is 1. The van der Waals surface area contributed by atoms with E-state index in [4.69, 9.17) is 16.3 Å². The number of halogens is 2. The Morgan fingerprint density at radius 1 is 1.50 bits per heavy atom. The maximum Gasteiger partial charge on any atom is 0.235 e. The van der Waals surface area contributed by atoms with E-state index < -0.39 is 0 Å². The minimum Gasteiger partial charge on any atom is -0.489 e. The minimum absolute atomic E-state index is 0.0662. The first-order valence-electron chi connectivity index (χ1n) is 4.86. The fourth-order valence-corrected chi connectivity index (χ4v) is 1.19. The number of hydrogen-bond donors (Lipinski definition) is 1. The van der Waals surface area contributed by atoms with Crippen molar-refractivity contribution < 1.29 is 13.9 Å². The summed E-state index contributed by atoms with van der Waals surface area (Å²) in [6.07, 6.45) is -0.197. The minimum atomic E-state index is -0.310. The first-order chi connectivity index (χ1) is 7.61. The van der Waals surface area contributed by atoms with Crippen LogP contribution in [0.1, 0.15) is 6.92 Å². The van der Waals surface area contributed by atoms with Gasteiger partial charge < -0.3 is 10.1 Å². The molecule has 88 valence electrons. The summed E-state index contributed by atoms with van der Waals surface area (Å²) < 4.78 is 18.0. The van der Waals surface area contributed by atoms with Gasteiger partial charge in [0.2, 0.25) is 5.91 Å². The first kappa shape index (κ1) is 12.8. The lowest BCUT2D eigenvalue weighted by Crippen LogP contribution is -2.34. The summed E-state index contributed by atoms with van der Waals surface area (Å²) in [6.45, 7) is 2.17. The molecule has 0 bridgehead atoms. The van der Waals surface area contributed by atoms with Crippen molar-refractivity contribution in [1.29, 1.82) is 0 Å². The van der Waals surface area contributed by atoms with Crippen LogP contribution >= 0.6 is 11.6 Å². The second kappa shape index (κ2) is 6.33. The Bertz CT molecular complexity index is 342. The molecule has 0 aliphatic heterocycles. The second-order valence-electron chi connectivity index (χ2n) is 3.32. The molecule has 1 rings (SSSR count). The number of benzene rings is 1. The number of hydrogen-bond acceptors (Lipinski definition) is 2. The maximum atomic E-state index is 12.6. The van der Waals surface area contributed by atoms with E-state index in [9.17, 15) is 9.18 Å². The third-order valence-electron chi connectivity index (χ3n) is 1.86. The quantitative estimate of drug-likeness (QED) is 0.806. The standard InChI is InChI=1S/C11H13ClFNO2/c1-8(7-14-11(15)6-12)16-10-4-2-9(13)3-5-10/h2-5,8H,6-7H2,1H3,(H,14,15). The molecule has 0 aliphatic carbocycles. The highest BCUT2D eigenvalue weighted by Gasteiger charge is 2.06. The summed E-state index contributed by atoms with van der Waals surface area (Å²) in [5.41, 5.74) is 0. The molecule has 0 saturated carbocycles. The molecule has 1 N–H and O–H groups in total. The van der Waals surface area contributed by atoms with E-state index >= 15 is 0 Å². The lowest BCUT2D eigenvalue weighted by atomic mass is 10.3. The summed E-state index contributed by atoms with van der Waals surface area (Å²) in [7, 11) is 0. The lowest BCUT2D eigenvalue weighted by Gasteiger charge is -2.14. The molecule has 0 heterocycles. The van der Waals surface area contributed by atoms with Gasteiger partial charge in [-0.05, 0) is 31.2 Å². The maximum absolute atomic E-state index is 12.6. The largest absolute Gasteiger partial charge is 0.489 e. The van der Waals surface area contributed by atoms with E-state index in [1.54, 1.807) is 6.92 Å². The number of nitrogens with one attached hydrogen (secondary N) is 1. The van der Waals surface area contributed by atoms with Crippen LogP contribution in [-0.4, -0.2) is 24.4 Å². The molecule has 0 radical (unpaired) electrons. The van der Waals surface area contributed by atoms with Crippen LogP contribution in [-0.2, 0) is 4.79 Å². The third-order valence-corrected chi connectivity index (χ3v) is 2.10. The highest BCUT2D eigenvalue weighted by Crippen LogP contribution is 2.12. The van der Waals surface area contributed by atoms with Gasteiger partial charge >= 0.3 is 0 Å². The molecule has 1 unspecified atom stereocenters. The fourth-order valence-electron chi connectivity index (χ4n) is 1.09. The zero-order valence-electron chi connectivity index (χ0n) is 8.87. The van der Waals surface area contributed by atoms with Gasteiger partial charge in [0.25, 0.3) is 0 Å². The van der Waals surface area contributed by atoms with Gasteiger partial charge in [-0.3, -0.25) is 4.79 Å². The van der Waals surface area contributed by atoms with E-state index in [2.05, 4.69) is 5.32 Å². The molecule has 16 heavy (non-hydrogen) atoms. The number of rotatable bonds is 5. The summed E-state index contributed by atoms with van der Waals surface area (Å²) in [5, 5.41) is 2.59. The Labute approximate surface area is 98.5 Å². The highest BCUT2D eigenvalue weighted by molar-refractivity contribution is 6.27. The van der Waals surface area contributed by atoms with Crippen LogP contribution in [0.15, 0.2) is 24.3 Å². The zero-order valence-corrected chi connectivity index (χ0v) is 9.63. The molecule has 3 nitrogen and oxygen atoms in total. The molecule has 1 amide bonds. The van der Waals surface area contributed by atoms with Crippen molar-refractivity contribution in [1.82, 2.24) is 5.32 Å². The van der Waals surface area contributed by atoms with E-state index in [0.29, 0.717) is 12.3 Å². The predicted octanol–water partition coefficient (Wildman–Crippen LogP) is 1.95. The van der Waals surface area contributed by atoms with Gasteiger partial charge in [-0.15, -0.1) is 11.6 Å². The molecule has 1 atom stereocenters. The molecule has 1 aromatic rings. The molecular formula is C11H13ClFNO2. The summed E-state index contributed by atoms with van der Waals surface area (Å²) in [4.78, 5) is 10.9. The van der Waals surface area contributed by atoms with Crippen molar-refractivity contribution in [2.75, 3.05) is 12.4 Å². The van der Waals surface area contributed by atoms with Gasteiger partial charge in [-0.2, -0.15) is 0 Å². The zero-order chi connectivity index (χ0) is 12.0. The van der Waals surface area contributed by atoms with Gasteiger partial charge in [-0.25, -0.2) is 4.39 Å². The average molecular weight is 246 g/mol. The molecule has 0 fully saturated rings. The Kier molecular flexibility index (Phi) is 5.05. The summed E-state index contributed by atoms with van der Waals surface area (Å²) in [6, 6.07) is 5.71. The Balaban J connectivity index is 2.36. The molecule has 0 spiro atoms. The van der Waals surface area contributed by atoms with Gasteiger partial charge in [0, 0.05) is 0 Å². The Morgan fingerprint density at radius 3 is 2.69 bits per heavy atom. The van der Waals surface area contributed by atoms with Gasteiger partial charge in [0.05, 0.1) is 6.54 Å². The Hall–Kier alpha value is -1.29. The molecule has 5 heteroatoms. The van der Waals surface area contributed by atoms with Crippen molar-refractivity contribution >= 4 is 17.5 Å². The van der Waals surface area contributed by atoms with Gasteiger partial charge in [0.1, 0.15) is 23.6 Å². The summed E-state index contributed by atoms with van der Waals surface area (Å²) >= 11 is 5.32. The van der Waals surface area contributed by atoms with E-state index in [0.717, 1.165) is 0 Å². The topological polar surface area (TPSA) is 38.3 Å². The van der Waals surface area contributed by atoms with Crippen LogP contribution < -0.4 is 10.1 Å². The van der Waals surface area contributed by atoms with Crippen molar-refractivity contribution in [3.05, 3.63) is 30.1 Å². The van der Waals surface area contributed by atoms with E-state index in [1.165, 1.54) is 24.3 Å². The second-order valence-corrected chi connectivity index (χ2v) is 3.59. The van der Waals surface area contributed by atoms with Crippen LogP contribution in [0.25, 0.3) is 0 Å². The summed E-state index contributed by atoms with van der Waals surface area (Å²) in [5.74, 6) is -0.0517. The number of ether oxygens (including phenoxy) is 1. The lowest BCUT2D eigenvalue weighted by molar-refractivity contribution is -0.119. The van der Waals surface area contributed by atoms with Crippen LogP contribution in [0.3, 0.4) is 0 Å². The SMILES string of the molecule is CC(CNC(=O)CCl)Oc1ccc(F)cc1. The van der Waals surface area contributed by atoms with E-state index in [1.807, 2.05) is 0 Å². The van der Waals surface area contributed by atoms with Crippen molar-refractivity contribution in [3.8, 4) is 5.75 Å². The third kappa shape index (κ3) is 4.49. The van der Waals surface area contributed by atoms with E-state index in [-0.39, 0.29) is 23.7 Å². The first-order valence-corrected chi connectivity index (χ1v) is 5.40. The normalized spacial score (nSPS) is 11.9. The monoisotopic (exact) mass is 245 g/mol. The molecule has 0 aliphatic rings. The Morgan fingerprint density at radius 2 is 2.12 bits per heavy atom. The van der Waals surface area contributed by atoms with Crippen LogP contribution in [0.4, 0.5) is 4.39 Å². The predicted molar refractivity (Wildman–Crippen MR) is 60.2 cm³/mol. The number of alkyl halides is 1. The van der Waals surface area contributed by atoms with Gasteiger partial charge in [0.15, 0.2) is 0 Å². The number of carbonyl (C=O) groups excluding carboxylic acids is 1. The van der Waals surface area contributed by atoms with Gasteiger partial charge in [-0.1, -0.05) is 0 Å². The fraction of sp³-hybridized carbons (Fsp3) is 0.364. The number of amides is 1. The highest BCUT2D eigenvalue weighted by atomic mass is 35.5. The van der Waals surface area contributed by atoms with Crippen molar-refractivity contribution in [2.45, 2.75) is 13.0 Å². The molecule has 1 aromatic carbocycles. The smallest absolute Gasteiger partial charge is 0.235 e. The molecule has 0 aromatic heterocycles.